The highest BCUT2D eigenvalue weighted by Crippen LogP contribution is 2.21. The molecule has 0 radical (unpaired) electrons. The molecule has 5 nitrogen and oxygen atoms in total. The molecule has 0 spiro atoms. The van der Waals surface area contributed by atoms with E-state index in [9.17, 15) is 13.6 Å². The second-order valence-corrected chi connectivity index (χ2v) is 4.06. The molecule has 20 heavy (non-hydrogen) atoms. The second-order valence-electron chi connectivity index (χ2n) is 4.06. The number of carbonyl (C=O) groups excluding carboxylic acids is 1. The van der Waals surface area contributed by atoms with Crippen molar-refractivity contribution in [1.82, 2.24) is 10.5 Å². The van der Waals surface area contributed by atoms with Gasteiger partial charge in [0.05, 0.1) is 19.2 Å². The summed E-state index contributed by atoms with van der Waals surface area (Å²) in [4.78, 5) is 11.8. The van der Waals surface area contributed by atoms with Crippen LogP contribution in [0.1, 0.15) is 29.1 Å². The third-order valence-corrected chi connectivity index (χ3v) is 2.70. The van der Waals surface area contributed by atoms with E-state index in [4.69, 9.17) is 9.26 Å². The van der Waals surface area contributed by atoms with E-state index in [2.05, 4.69) is 10.5 Å². The van der Waals surface area contributed by atoms with Crippen molar-refractivity contribution < 1.29 is 22.8 Å². The van der Waals surface area contributed by atoms with Crippen LogP contribution in [0.5, 0.6) is 5.88 Å². The first-order valence-corrected chi connectivity index (χ1v) is 5.78. The molecule has 1 N–H and O–H groups in total. The van der Waals surface area contributed by atoms with E-state index in [1.165, 1.54) is 26.2 Å². The molecule has 1 atom stereocenters. The maximum atomic E-state index is 13.6. The van der Waals surface area contributed by atoms with Gasteiger partial charge in [0.1, 0.15) is 11.6 Å². The fraction of sp³-hybridized carbons (Fsp3) is 0.231. The average molecular weight is 282 g/mol. The fourth-order valence-electron chi connectivity index (χ4n) is 1.73. The maximum Gasteiger partial charge on any atom is 0.290 e. The molecule has 2 rings (SSSR count). The van der Waals surface area contributed by atoms with Crippen molar-refractivity contribution in [2.24, 2.45) is 0 Å². The Kier molecular flexibility index (Phi) is 3.97. The number of nitrogens with one attached hydrogen (secondary N) is 1. The molecule has 106 valence electrons. The Morgan fingerprint density at radius 2 is 2.05 bits per heavy atom. The summed E-state index contributed by atoms with van der Waals surface area (Å²) in [6.45, 7) is 1.47. The predicted molar refractivity (Wildman–Crippen MR) is 65.3 cm³/mol. The smallest absolute Gasteiger partial charge is 0.290 e. The van der Waals surface area contributed by atoms with Gasteiger partial charge in [-0.05, 0) is 24.2 Å². The normalized spacial score (nSPS) is 12.0. The number of hydrogen-bond donors (Lipinski definition) is 1. The van der Waals surface area contributed by atoms with Gasteiger partial charge >= 0.3 is 0 Å². The Morgan fingerprint density at radius 1 is 1.40 bits per heavy atom. The third-order valence-electron chi connectivity index (χ3n) is 2.70. The van der Waals surface area contributed by atoms with Gasteiger partial charge in [0.25, 0.3) is 11.8 Å². The van der Waals surface area contributed by atoms with Crippen LogP contribution in [0.3, 0.4) is 0 Å². The van der Waals surface area contributed by atoms with Crippen molar-refractivity contribution in [2.45, 2.75) is 13.0 Å². The zero-order valence-corrected chi connectivity index (χ0v) is 10.8. The molecule has 0 aliphatic carbocycles. The first kappa shape index (κ1) is 14.0. The minimum atomic E-state index is -0.861. The number of ether oxygens (including phenoxy) is 1. The average Bonchev–Trinajstić information content (AvgIpc) is 2.87. The summed E-state index contributed by atoms with van der Waals surface area (Å²) in [5.41, 5.74) is -0.215. The topological polar surface area (TPSA) is 64.4 Å². The summed E-state index contributed by atoms with van der Waals surface area (Å²) in [5, 5.41) is 5.89. The van der Waals surface area contributed by atoms with Crippen molar-refractivity contribution in [3.63, 3.8) is 0 Å². The molecule has 2 aromatic rings. The fourth-order valence-corrected chi connectivity index (χ4v) is 1.73. The second kappa shape index (κ2) is 5.68. The molecule has 1 aromatic carbocycles. The molecule has 0 aliphatic heterocycles. The lowest BCUT2D eigenvalue weighted by molar-refractivity contribution is 0.0901. The van der Waals surface area contributed by atoms with E-state index in [-0.39, 0.29) is 17.2 Å². The van der Waals surface area contributed by atoms with Crippen LogP contribution in [0.15, 0.2) is 28.8 Å². The van der Waals surface area contributed by atoms with Crippen molar-refractivity contribution >= 4 is 5.91 Å². The van der Waals surface area contributed by atoms with E-state index in [1.54, 1.807) is 0 Å². The van der Waals surface area contributed by atoms with E-state index >= 15 is 0 Å². The van der Waals surface area contributed by atoms with Gasteiger partial charge in [0.15, 0.2) is 0 Å². The molecule has 0 saturated carbocycles. The lowest BCUT2D eigenvalue weighted by Gasteiger charge is -2.14. The minimum Gasteiger partial charge on any atom is -0.479 e. The van der Waals surface area contributed by atoms with Crippen LogP contribution in [0.2, 0.25) is 0 Å². The number of amides is 1. The molecule has 0 aliphatic rings. The number of aromatic nitrogens is 1. The zero-order valence-electron chi connectivity index (χ0n) is 10.8. The molecule has 1 amide bonds. The standard InChI is InChI=1S/C13H12F2N2O3/c1-7(12-8(14)4-3-5-9(12)15)16-13(18)10-6-11(19-2)17-20-10/h3-7H,1-2H3,(H,16,18). The van der Waals surface area contributed by atoms with Crippen molar-refractivity contribution in [1.29, 1.82) is 0 Å². The van der Waals surface area contributed by atoms with Gasteiger partial charge in [-0.25, -0.2) is 8.78 Å². The van der Waals surface area contributed by atoms with Crippen molar-refractivity contribution in [2.75, 3.05) is 7.11 Å². The highest BCUT2D eigenvalue weighted by molar-refractivity contribution is 5.91. The maximum absolute atomic E-state index is 13.6. The van der Waals surface area contributed by atoms with Crippen LogP contribution in [-0.2, 0) is 0 Å². The molecule has 1 unspecified atom stereocenters. The van der Waals surface area contributed by atoms with Crippen LogP contribution in [0.4, 0.5) is 8.78 Å². The zero-order chi connectivity index (χ0) is 14.7. The summed E-state index contributed by atoms with van der Waals surface area (Å²) in [5.74, 6) is -2.07. The van der Waals surface area contributed by atoms with Gasteiger partial charge in [-0.3, -0.25) is 4.79 Å². The number of methoxy groups -OCH3 is 1. The van der Waals surface area contributed by atoms with E-state index in [0.717, 1.165) is 12.1 Å². The molecule has 1 heterocycles. The molecule has 0 bridgehead atoms. The lowest BCUT2D eigenvalue weighted by atomic mass is 10.1. The molecule has 0 saturated heterocycles. The summed E-state index contributed by atoms with van der Waals surface area (Å²) in [7, 11) is 1.37. The van der Waals surface area contributed by atoms with Gasteiger partial charge in [-0.2, -0.15) is 0 Å². The van der Waals surface area contributed by atoms with Crippen LogP contribution >= 0.6 is 0 Å². The largest absolute Gasteiger partial charge is 0.479 e. The number of halogens is 2. The minimum absolute atomic E-state index is 0.106. The Bertz CT molecular complexity index is 608. The summed E-state index contributed by atoms with van der Waals surface area (Å²) < 4.78 is 36.6. The van der Waals surface area contributed by atoms with Gasteiger partial charge in [-0.15, -0.1) is 0 Å². The third kappa shape index (κ3) is 2.76. The molecule has 1 aromatic heterocycles. The molecular weight excluding hydrogens is 270 g/mol. The molecular formula is C13H12F2N2O3. The van der Waals surface area contributed by atoms with E-state index < -0.39 is 23.6 Å². The van der Waals surface area contributed by atoms with Crippen LogP contribution < -0.4 is 10.1 Å². The SMILES string of the molecule is COc1cc(C(=O)NC(C)c2c(F)cccc2F)on1. The highest BCUT2D eigenvalue weighted by Gasteiger charge is 2.21. The van der Waals surface area contributed by atoms with Crippen molar-refractivity contribution in [3.05, 3.63) is 47.2 Å². The van der Waals surface area contributed by atoms with Crippen LogP contribution in [0, 0.1) is 11.6 Å². The van der Waals surface area contributed by atoms with Crippen LogP contribution in [-0.4, -0.2) is 18.2 Å². The Balaban J connectivity index is 2.15. The van der Waals surface area contributed by atoms with E-state index in [0.29, 0.717) is 0 Å². The quantitative estimate of drug-likeness (QED) is 0.935. The number of rotatable bonds is 4. The summed E-state index contributed by atoms with van der Waals surface area (Å²) >= 11 is 0. The van der Waals surface area contributed by atoms with Gasteiger partial charge < -0.3 is 14.6 Å². The molecule has 7 heteroatoms. The van der Waals surface area contributed by atoms with Gasteiger partial charge in [0, 0.05) is 5.56 Å². The Morgan fingerprint density at radius 3 is 2.60 bits per heavy atom. The number of benzene rings is 1. The lowest BCUT2D eigenvalue weighted by Crippen LogP contribution is -2.27. The van der Waals surface area contributed by atoms with Crippen LogP contribution in [0.25, 0.3) is 0 Å². The predicted octanol–water partition coefficient (Wildman–Crippen LogP) is 2.45. The first-order chi connectivity index (χ1) is 9.52. The Hall–Kier alpha value is -2.44. The summed E-state index contributed by atoms with van der Waals surface area (Å²) in [6, 6.07) is 3.92. The Labute approximate surface area is 113 Å². The van der Waals surface area contributed by atoms with Crippen molar-refractivity contribution in [3.8, 4) is 5.88 Å². The van der Waals surface area contributed by atoms with E-state index in [1.807, 2.05) is 0 Å². The number of carbonyl (C=O) groups is 1. The summed E-state index contributed by atoms with van der Waals surface area (Å²) in [6.07, 6.45) is 0. The van der Waals surface area contributed by atoms with Gasteiger partial charge in [-0.1, -0.05) is 6.07 Å². The highest BCUT2D eigenvalue weighted by atomic mass is 19.1. The number of hydrogen-bond acceptors (Lipinski definition) is 4. The first-order valence-electron chi connectivity index (χ1n) is 5.78. The van der Waals surface area contributed by atoms with Gasteiger partial charge in [0.2, 0.25) is 5.76 Å². The monoisotopic (exact) mass is 282 g/mol. The number of nitrogens with zero attached hydrogens (tertiary/aromatic N) is 1. The molecule has 0 fully saturated rings.